The molecule has 2 aliphatic rings. The van der Waals surface area contributed by atoms with E-state index in [0.717, 1.165) is 16.2 Å². The van der Waals surface area contributed by atoms with E-state index in [-0.39, 0.29) is 28.9 Å². The Labute approximate surface area is 205 Å². The Balaban J connectivity index is 1.51. The zero-order valence-electron chi connectivity index (χ0n) is 17.7. The molecule has 4 rings (SSSR count). The van der Waals surface area contributed by atoms with Crippen LogP contribution in [0.15, 0.2) is 51.5 Å². The fourth-order valence-electron chi connectivity index (χ4n) is 3.64. The topological polar surface area (TPSA) is 221 Å². The summed E-state index contributed by atoms with van der Waals surface area (Å²) in [5.74, 6) is -2.49. The van der Waals surface area contributed by atoms with Crippen LogP contribution in [0.1, 0.15) is 11.3 Å². The van der Waals surface area contributed by atoms with Gasteiger partial charge in [-0.3, -0.25) is 14.5 Å². The maximum atomic E-state index is 12.9. The minimum atomic E-state index is -1.27. The van der Waals surface area contributed by atoms with E-state index < -0.39 is 34.9 Å². The van der Waals surface area contributed by atoms with E-state index in [1.54, 1.807) is 29.1 Å². The number of pyridine rings is 1. The van der Waals surface area contributed by atoms with Crippen LogP contribution in [0.3, 0.4) is 0 Å². The standard InChI is InChI=1S/C19H18N8O6S2/c20-14(25-33)8-1-3-26(4-2-8)5-9-6-34-17-12(16(29)27(17)13(9)18(30)31)23-15(28)11(24-32)10-7-35-19(21)22-10/h1-4,7,12,17H,5-6,20H2,(H5,21,22,23,28,30,31,32)/p+1/t12-,17+/m1/s1. The first-order valence-electron chi connectivity index (χ1n) is 9.86. The number of nitrogens with one attached hydrogen (secondary N) is 1. The Morgan fingerprint density at radius 1 is 1.29 bits per heavy atom. The van der Waals surface area contributed by atoms with Gasteiger partial charge in [0.05, 0.1) is 0 Å². The van der Waals surface area contributed by atoms with Gasteiger partial charge in [0.15, 0.2) is 35.6 Å². The number of carboxylic acids is 1. The van der Waals surface area contributed by atoms with E-state index in [1.807, 2.05) is 0 Å². The molecule has 0 radical (unpaired) electrons. The van der Waals surface area contributed by atoms with Gasteiger partial charge in [-0.05, 0) is 0 Å². The number of amides is 2. The SMILES string of the molecule is NC(=NO)c1cc[n+](CC2=C(C(=O)O)N3C(=O)[C@@H](NC(=O)C(=NO)c4csc(N)n4)[C@@H]3SC2)cc1. The van der Waals surface area contributed by atoms with Crippen LogP contribution in [0.25, 0.3) is 0 Å². The highest BCUT2D eigenvalue weighted by Crippen LogP contribution is 2.40. The number of carboxylic acid groups (broad SMARTS) is 1. The van der Waals surface area contributed by atoms with Crippen LogP contribution in [-0.4, -0.2) is 71.9 Å². The molecule has 0 saturated carbocycles. The molecule has 0 aliphatic carbocycles. The molecule has 2 amide bonds. The van der Waals surface area contributed by atoms with E-state index in [1.165, 1.54) is 17.1 Å². The Morgan fingerprint density at radius 2 is 2.00 bits per heavy atom. The van der Waals surface area contributed by atoms with Crippen LogP contribution in [0.5, 0.6) is 0 Å². The highest BCUT2D eigenvalue weighted by Gasteiger charge is 2.54. The molecule has 0 bridgehead atoms. The molecule has 2 aromatic heterocycles. The Hall–Kier alpha value is -4.18. The zero-order chi connectivity index (χ0) is 25.3. The number of carbonyl (C=O) groups excluding carboxylic acids is 2. The lowest BCUT2D eigenvalue weighted by atomic mass is 10.0. The summed E-state index contributed by atoms with van der Waals surface area (Å²) in [4.78, 5) is 42.5. The molecule has 16 heteroatoms. The zero-order valence-corrected chi connectivity index (χ0v) is 19.4. The van der Waals surface area contributed by atoms with Crippen LogP contribution in [0.2, 0.25) is 0 Å². The van der Waals surface area contributed by atoms with Gasteiger partial charge in [-0.1, -0.05) is 10.3 Å². The molecule has 4 heterocycles. The number of fused-ring (bicyclic) bond motifs is 1. The van der Waals surface area contributed by atoms with Crippen LogP contribution in [0.4, 0.5) is 5.13 Å². The molecule has 1 fully saturated rings. The van der Waals surface area contributed by atoms with Crippen molar-refractivity contribution in [2.24, 2.45) is 16.0 Å². The number of hydrogen-bond donors (Lipinski definition) is 6. The lowest BCUT2D eigenvalue weighted by molar-refractivity contribution is -0.689. The fraction of sp³-hybridized carbons (Fsp3) is 0.211. The summed E-state index contributed by atoms with van der Waals surface area (Å²) in [5.41, 5.74) is 11.6. The summed E-state index contributed by atoms with van der Waals surface area (Å²) in [6.07, 6.45) is 3.27. The Bertz CT molecular complexity index is 1290. The monoisotopic (exact) mass is 519 g/mol. The number of thiazole rings is 1. The molecule has 8 N–H and O–H groups in total. The van der Waals surface area contributed by atoms with Gasteiger partial charge >= 0.3 is 5.97 Å². The molecule has 2 aliphatic heterocycles. The number of thioether (sulfide) groups is 1. The third kappa shape index (κ3) is 4.47. The van der Waals surface area contributed by atoms with Crippen LogP contribution in [-0.2, 0) is 20.9 Å². The summed E-state index contributed by atoms with van der Waals surface area (Å²) in [7, 11) is 0. The van der Waals surface area contributed by atoms with E-state index in [0.29, 0.717) is 16.9 Å². The number of nitrogen functional groups attached to an aromatic ring is 1. The summed E-state index contributed by atoms with van der Waals surface area (Å²) in [5, 5.41) is 37.2. The third-order valence-electron chi connectivity index (χ3n) is 5.28. The van der Waals surface area contributed by atoms with Gasteiger partial charge in [0.1, 0.15) is 22.8 Å². The molecule has 35 heavy (non-hydrogen) atoms. The van der Waals surface area contributed by atoms with Crippen LogP contribution in [0, 0.1) is 0 Å². The summed E-state index contributed by atoms with van der Waals surface area (Å²) < 4.78 is 1.69. The lowest BCUT2D eigenvalue weighted by Gasteiger charge is -2.49. The highest BCUT2D eigenvalue weighted by molar-refractivity contribution is 8.00. The van der Waals surface area contributed by atoms with Crippen molar-refractivity contribution >= 4 is 57.6 Å². The van der Waals surface area contributed by atoms with Crippen molar-refractivity contribution < 1.29 is 34.5 Å². The number of β-lactam (4-membered cyclic amide) rings is 1. The predicted molar refractivity (Wildman–Crippen MR) is 124 cm³/mol. The van der Waals surface area contributed by atoms with Crippen molar-refractivity contribution in [1.82, 2.24) is 15.2 Å². The molecule has 0 aromatic carbocycles. The van der Waals surface area contributed by atoms with E-state index in [9.17, 15) is 24.7 Å². The van der Waals surface area contributed by atoms with Gasteiger partial charge < -0.3 is 32.3 Å². The van der Waals surface area contributed by atoms with Gasteiger partial charge in [-0.2, -0.15) is 0 Å². The molecule has 0 unspecified atom stereocenters. The maximum Gasteiger partial charge on any atom is 0.352 e. The third-order valence-corrected chi connectivity index (χ3v) is 7.30. The Morgan fingerprint density at radius 3 is 2.57 bits per heavy atom. The summed E-state index contributed by atoms with van der Waals surface area (Å²) in [6.45, 7) is 0.186. The maximum absolute atomic E-state index is 12.9. The van der Waals surface area contributed by atoms with Crippen LogP contribution >= 0.6 is 23.1 Å². The molecule has 0 spiro atoms. The smallest absolute Gasteiger partial charge is 0.352 e. The summed E-state index contributed by atoms with van der Waals surface area (Å²) >= 11 is 2.34. The number of amidine groups is 1. The van der Waals surface area contributed by atoms with Gasteiger partial charge in [-0.15, -0.1) is 23.1 Å². The van der Waals surface area contributed by atoms with Gasteiger partial charge in [0, 0.05) is 34.4 Å². The lowest BCUT2D eigenvalue weighted by Crippen LogP contribution is -2.71. The van der Waals surface area contributed by atoms with Gasteiger partial charge in [0.2, 0.25) is 0 Å². The van der Waals surface area contributed by atoms with Gasteiger partial charge in [0.25, 0.3) is 11.8 Å². The fourth-order valence-corrected chi connectivity index (χ4v) is 5.52. The predicted octanol–water partition coefficient (Wildman–Crippen LogP) is -1.28. The minimum Gasteiger partial charge on any atom is -0.477 e. The number of hydrogen-bond acceptors (Lipinski definition) is 11. The molecule has 2 atom stereocenters. The van der Waals surface area contributed by atoms with E-state index in [4.69, 9.17) is 16.7 Å². The quantitative estimate of drug-likeness (QED) is 0.0635. The first kappa shape index (κ1) is 24.0. The first-order chi connectivity index (χ1) is 16.7. The van der Waals surface area contributed by atoms with Crippen molar-refractivity contribution in [2.45, 2.75) is 18.0 Å². The highest BCUT2D eigenvalue weighted by atomic mass is 32.2. The number of aromatic nitrogens is 2. The largest absolute Gasteiger partial charge is 0.477 e. The van der Waals surface area contributed by atoms with Crippen molar-refractivity contribution in [2.75, 3.05) is 11.5 Å². The second kappa shape index (κ2) is 9.59. The van der Waals surface area contributed by atoms with Crippen molar-refractivity contribution in [3.05, 3.63) is 52.4 Å². The van der Waals surface area contributed by atoms with Crippen molar-refractivity contribution in [3.63, 3.8) is 0 Å². The van der Waals surface area contributed by atoms with Crippen molar-refractivity contribution in [3.8, 4) is 0 Å². The van der Waals surface area contributed by atoms with E-state index >= 15 is 0 Å². The number of nitrogens with zero attached hydrogens (tertiary/aromatic N) is 5. The number of carbonyl (C=O) groups is 3. The first-order valence-corrected chi connectivity index (χ1v) is 11.8. The normalized spacial score (nSPS) is 20.3. The second-order valence-corrected chi connectivity index (χ2v) is 9.38. The average Bonchev–Trinajstić information content (AvgIpc) is 3.28. The minimum absolute atomic E-state index is 0.0518. The number of nitrogens with two attached hydrogens (primary N) is 2. The summed E-state index contributed by atoms with van der Waals surface area (Å²) in [6, 6.07) is 2.19. The number of aliphatic carboxylic acids is 1. The van der Waals surface area contributed by atoms with Crippen LogP contribution < -0.4 is 21.4 Å². The average molecular weight is 520 g/mol. The molecular weight excluding hydrogens is 500 g/mol. The Kier molecular flexibility index (Phi) is 6.57. The molecule has 2 aromatic rings. The second-order valence-electron chi connectivity index (χ2n) is 7.38. The number of rotatable bonds is 7. The molecular formula is C19H19N8O6S2+. The van der Waals surface area contributed by atoms with E-state index in [2.05, 4.69) is 20.6 Å². The van der Waals surface area contributed by atoms with Gasteiger partial charge in [-0.25, -0.2) is 14.3 Å². The molecule has 14 nitrogen and oxygen atoms in total. The molecule has 1 saturated heterocycles. The number of anilines is 1. The number of oxime groups is 2. The molecule has 182 valence electrons. The van der Waals surface area contributed by atoms with Crippen molar-refractivity contribution in [1.29, 1.82) is 0 Å².